The average molecular weight is 298 g/mol. The highest BCUT2D eigenvalue weighted by Crippen LogP contribution is 2.25. The molecule has 122 valence electrons. The zero-order valence-corrected chi connectivity index (χ0v) is 13.2. The number of carbonyl (C=O) groups excluding carboxylic acids is 1. The van der Waals surface area contributed by atoms with Crippen molar-refractivity contribution in [1.82, 2.24) is 10.2 Å². The summed E-state index contributed by atoms with van der Waals surface area (Å²) >= 11 is 0. The Labute approximate surface area is 128 Å². The van der Waals surface area contributed by atoms with E-state index in [9.17, 15) is 4.79 Å². The second-order valence-electron chi connectivity index (χ2n) is 6.45. The lowest BCUT2D eigenvalue weighted by Gasteiger charge is -2.34. The fourth-order valence-electron chi connectivity index (χ4n) is 3.26. The first-order chi connectivity index (χ1) is 10.2. The largest absolute Gasteiger partial charge is 0.396 e. The maximum absolute atomic E-state index is 12.1. The van der Waals surface area contributed by atoms with Crippen molar-refractivity contribution in [3.63, 3.8) is 0 Å². The minimum Gasteiger partial charge on any atom is -0.396 e. The molecule has 2 aliphatic rings. The molecule has 2 amide bonds. The number of piperidine rings is 1. The maximum Gasteiger partial charge on any atom is 0.317 e. The maximum atomic E-state index is 12.1. The summed E-state index contributed by atoms with van der Waals surface area (Å²) in [5.74, 6) is 0. The second kappa shape index (κ2) is 8.59. The van der Waals surface area contributed by atoms with Crippen LogP contribution in [0.5, 0.6) is 0 Å². The van der Waals surface area contributed by atoms with E-state index in [0.29, 0.717) is 12.2 Å². The van der Waals surface area contributed by atoms with E-state index >= 15 is 0 Å². The molecule has 1 aliphatic heterocycles. The molecule has 0 radical (unpaired) electrons. The third-order valence-electron chi connectivity index (χ3n) is 4.58. The predicted molar refractivity (Wildman–Crippen MR) is 82.2 cm³/mol. The standard InChI is InChI=1S/C16H30N2O3/c1-13(5-4-12-19)17-16(20)18-10-8-15(9-11-18)21-14-6-2-3-7-14/h13-15,19H,2-12H2,1H3,(H,17,20). The van der Waals surface area contributed by atoms with Crippen LogP contribution < -0.4 is 5.32 Å². The minimum atomic E-state index is 0.0276. The molecule has 2 fully saturated rings. The smallest absolute Gasteiger partial charge is 0.317 e. The molecule has 1 saturated carbocycles. The number of carbonyl (C=O) groups is 1. The van der Waals surface area contributed by atoms with Gasteiger partial charge in [0.05, 0.1) is 12.2 Å². The number of ether oxygens (including phenoxy) is 1. The Morgan fingerprint density at radius 2 is 1.86 bits per heavy atom. The molecule has 2 N–H and O–H groups in total. The molecule has 0 aromatic rings. The van der Waals surface area contributed by atoms with Gasteiger partial charge in [0.25, 0.3) is 0 Å². The van der Waals surface area contributed by atoms with Crippen LogP contribution >= 0.6 is 0 Å². The van der Waals surface area contributed by atoms with E-state index in [1.807, 2.05) is 11.8 Å². The lowest BCUT2D eigenvalue weighted by molar-refractivity contribution is -0.0339. The number of aliphatic hydroxyl groups excluding tert-OH is 1. The first-order valence-corrected chi connectivity index (χ1v) is 8.51. The Kier molecular flexibility index (Phi) is 6.77. The number of rotatable bonds is 6. The van der Waals surface area contributed by atoms with Crippen LogP contribution in [-0.2, 0) is 4.74 Å². The fourth-order valence-corrected chi connectivity index (χ4v) is 3.26. The van der Waals surface area contributed by atoms with Crippen LogP contribution in [0.2, 0.25) is 0 Å². The first kappa shape index (κ1) is 16.6. The van der Waals surface area contributed by atoms with Crippen LogP contribution in [0, 0.1) is 0 Å². The van der Waals surface area contributed by atoms with E-state index in [2.05, 4.69) is 5.32 Å². The molecule has 0 aromatic heterocycles. The summed E-state index contributed by atoms with van der Waals surface area (Å²) in [6, 6.07) is 0.150. The molecular formula is C16H30N2O3. The zero-order chi connectivity index (χ0) is 15.1. The average Bonchev–Trinajstić information content (AvgIpc) is 2.98. The van der Waals surface area contributed by atoms with Crippen molar-refractivity contribution in [1.29, 1.82) is 0 Å². The van der Waals surface area contributed by atoms with Crippen LogP contribution in [0.25, 0.3) is 0 Å². The number of urea groups is 1. The quantitative estimate of drug-likeness (QED) is 0.791. The predicted octanol–water partition coefficient (Wildman–Crippen LogP) is 2.28. The fraction of sp³-hybridized carbons (Fsp3) is 0.938. The van der Waals surface area contributed by atoms with Gasteiger partial charge in [0.2, 0.25) is 0 Å². The van der Waals surface area contributed by atoms with Crippen molar-refractivity contribution in [2.75, 3.05) is 19.7 Å². The Hall–Kier alpha value is -0.810. The van der Waals surface area contributed by atoms with Crippen molar-refractivity contribution in [3.05, 3.63) is 0 Å². The lowest BCUT2D eigenvalue weighted by atomic mass is 10.1. The van der Waals surface area contributed by atoms with E-state index in [1.54, 1.807) is 0 Å². The monoisotopic (exact) mass is 298 g/mol. The van der Waals surface area contributed by atoms with Gasteiger partial charge < -0.3 is 20.1 Å². The number of nitrogens with zero attached hydrogens (tertiary/aromatic N) is 1. The van der Waals surface area contributed by atoms with Crippen molar-refractivity contribution in [2.45, 2.75) is 76.5 Å². The molecule has 1 saturated heterocycles. The molecule has 1 heterocycles. The van der Waals surface area contributed by atoms with Crippen LogP contribution in [-0.4, -0.2) is 54.0 Å². The molecule has 5 heteroatoms. The van der Waals surface area contributed by atoms with E-state index in [0.717, 1.165) is 38.8 Å². The second-order valence-corrected chi connectivity index (χ2v) is 6.45. The summed E-state index contributed by atoms with van der Waals surface area (Å²) in [6.45, 7) is 3.75. The number of nitrogens with one attached hydrogen (secondary N) is 1. The topological polar surface area (TPSA) is 61.8 Å². The molecule has 0 aromatic carbocycles. The SMILES string of the molecule is CC(CCCO)NC(=O)N1CCC(OC2CCCC2)CC1. The zero-order valence-electron chi connectivity index (χ0n) is 13.2. The molecule has 1 unspecified atom stereocenters. The highest BCUT2D eigenvalue weighted by Gasteiger charge is 2.26. The number of hydrogen-bond acceptors (Lipinski definition) is 3. The van der Waals surface area contributed by atoms with Crippen LogP contribution in [0.3, 0.4) is 0 Å². The van der Waals surface area contributed by atoms with Crippen molar-refractivity contribution < 1.29 is 14.6 Å². The summed E-state index contributed by atoms with van der Waals surface area (Å²) in [5, 5.41) is 11.8. The third kappa shape index (κ3) is 5.47. The van der Waals surface area contributed by atoms with Crippen molar-refractivity contribution in [3.8, 4) is 0 Å². The van der Waals surface area contributed by atoms with Gasteiger partial charge in [-0.3, -0.25) is 0 Å². The van der Waals surface area contributed by atoms with E-state index < -0.39 is 0 Å². The number of aliphatic hydroxyl groups is 1. The normalized spacial score (nSPS) is 22.5. The Balaban J connectivity index is 1.64. The lowest BCUT2D eigenvalue weighted by Crippen LogP contribution is -2.48. The van der Waals surface area contributed by atoms with Crippen molar-refractivity contribution >= 4 is 6.03 Å². The van der Waals surface area contributed by atoms with Gasteiger partial charge in [-0.05, 0) is 45.4 Å². The van der Waals surface area contributed by atoms with Crippen LogP contribution in [0.4, 0.5) is 4.79 Å². The summed E-state index contributed by atoms with van der Waals surface area (Å²) in [6.07, 6.45) is 9.30. The van der Waals surface area contributed by atoms with Crippen molar-refractivity contribution in [2.24, 2.45) is 0 Å². The van der Waals surface area contributed by atoms with E-state index in [1.165, 1.54) is 25.7 Å². The molecule has 1 aliphatic carbocycles. The summed E-state index contributed by atoms with van der Waals surface area (Å²) in [4.78, 5) is 14.0. The summed E-state index contributed by atoms with van der Waals surface area (Å²) in [5.41, 5.74) is 0. The van der Waals surface area contributed by atoms with Gasteiger partial charge in [-0.25, -0.2) is 4.79 Å². The Bertz CT molecular complexity index is 311. The van der Waals surface area contributed by atoms with Gasteiger partial charge in [-0.15, -0.1) is 0 Å². The van der Waals surface area contributed by atoms with Gasteiger partial charge in [0.15, 0.2) is 0 Å². The van der Waals surface area contributed by atoms with E-state index in [-0.39, 0.29) is 18.7 Å². The molecule has 5 nitrogen and oxygen atoms in total. The molecule has 0 bridgehead atoms. The molecular weight excluding hydrogens is 268 g/mol. The van der Waals surface area contributed by atoms with Crippen LogP contribution in [0.1, 0.15) is 58.3 Å². The minimum absolute atomic E-state index is 0.0276. The third-order valence-corrected chi connectivity index (χ3v) is 4.58. The highest BCUT2D eigenvalue weighted by atomic mass is 16.5. The van der Waals surface area contributed by atoms with Gasteiger partial charge >= 0.3 is 6.03 Å². The number of hydrogen-bond donors (Lipinski definition) is 2. The van der Waals surface area contributed by atoms with E-state index in [4.69, 9.17) is 9.84 Å². The molecule has 1 atom stereocenters. The highest BCUT2D eigenvalue weighted by molar-refractivity contribution is 5.74. The van der Waals surface area contributed by atoms with Gasteiger partial charge in [0.1, 0.15) is 0 Å². The Morgan fingerprint density at radius 1 is 1.24 bits per heavy atom. The first-order valence-electron chi connectivity index (χ1n) is 8.51. The molecule has 21 heavy (non-hydrogen) atoms. The molecule has 0 spiro atoms. The van der Waals surface area contributed by atoms with Gasteiger partial charge in [-0.2, -0.15) is 0 Å². The Morgan fingerprint density at radius 3 is 2.48 bits per heavy atom. The van der Waals surface area contributed by atoms with Crippen LogP contribution in [0.15, 0.2) is 0 Å². The summed E-state index contributed by atoms with van der Waals surface area (Å²) < 4.78 is 6.13. The number of likely N-dealkylation sites (tertiary alicyclic amines) is 1. The van der Waals surface area contributed by atoms with Gasteiger partial charge in [-0.1, -0.05) is 12.8 Å². The number of amides is 2. The summed E-state index contributed by atoms with van der Waals surface area (Å²) in [7, 11) is 0. The van der Waals surface area contributed by atoms with Gasteiger partial charge in [0, 0.05) is 25.7 Å². The molecule has 2 rings (SSSR count).